The van der Waals surface area contributed by atoms with E-state index in [-0.39, 0.29) is 24.6 Å². The lowest BCUT2D eigenvalue weighted by Crippen LogP contribution is -2.57. The summed E-state index contributed by atoms with van der Waals surface area (Å²) in [6, 6.07) is -3.59. The van der Waals surface area contributed by atoms with Gasteiger partial charge < -0.3 is 31.9 Å². The molecule has 0 aliphatic carbocycles. The predicted octanol–water partition coefficient (Wildman–Crippen LogP) is -1.68. The van der Waals surface area contributed by atoms with Gasteiger partial charge in [0, 0.05) is 12.2 Å². The molecule has 0 heterocycles. The van der Waals surface area contributed by atoms with E-state index in [2.05, 4.69) is 28.6 Å². The summed E-state index contributed by atoms with van der Waals surface area (Å²) in [5, 5.41) is 25.1. The molecule has 0 radical (unpaired) electrons. The first-order valence-corrected chi connectivity index (χ1v) is 9.36. The van der Waals surface area contributed by atoms with Crippen LogP contribution in [0.1, 0.15) is 33.1 Å². The Bertz CT molecular complexity index is 587. The normalized spacial score (nSPS) is 14.9. The highest BCUT2D eigenvalue weighted by atomic mass is 32.1. The van der Waals surface area contributed by atoms with Gasteiger partial charge in [-0.2, -0.15) is 12.6 Å². The van der Waals surface area contributed by atoms with Gasteiger partial charge in [-0.25, -0.2) is 4.79 Å². The van der Waals surface area contributed by atoms with Gasteiger partial charge in [-0.05, 0) is 12.3 Å². The second kappa shape index (κ2) is 12.9. The van der Waals surface area contributed by atoms with E-state index in [1.54, 1.807) is 13.8 Å². The third kappa shape index (κ3) is 9.04. The molecule has 0 spiro atoms. The summed E-state index contributed by atoms with van der Waals surface area (Å²) in [5.41, 5.74) is 5.18. The molecule has 0 aromatic carbocycles. The standard InChI is InChI=1S/C16H28N4O7S/c1-3-8(2)13(16(26)27)20-14(24)9(4-5-12(22)23)19-15(25)10(7-28)18-11(21)6-17/h8-10,13,28H,3-7,17H2,1-2H3,(H,18,21)(H,19,25)(H,20,24)(H,22,23)(H,26,27). The topological polar surface area (TPSA) is 188 Å². The summed E-state index contributed by atoms with van der Waals surface area (Å²) in [4.78, 5) is 58.5. The molecule has 0 aromatic rings. The number of nitrogens with one attached hydrogen (secondary N) is 3. The molecule has 0 saturated carbocycles. The Kier molecular flexibility index (Phi) is 11.9. The number of carbonyl (C=O) groups is 5. The molecule has 3 amide bonds. The van der Waals surface area contributed by atoms with Crippen LogP contribution in [-0.4, -0.2) is 70.3 Å². The zero-order chi connectivity index (χ0) is 21.9. The average Bonchev–Trinajstić information content (AvgIpc) is 2.65. The Labute approximate surface area is 168 Å². The van der Waals surface area contributed by atoms with Crippen molar-refractivity contribution in [1.82, 2.24) is 16.0 Å². The van der Waals surface area contributed by atoms with Crippen molar-refractivity contribution in [2.24, 2.45) is 11.7 Å². The SMILES string of the molecule is CCC(C)C(NC(=O)C(CCC(=O)O)NC(=O)C(CS)NC(=O)CN)C(=O)O. The Morgan fingerprint density at radius 2 is 1.57 bits per heavy atom. The first-order chi connectivity index (χ1) is 13.1. The second-order valence-corrected chi connectivity index (χ2v) is 6.58. The number of carbonyl (C=O) groups excluding carboxylic acids is 3. The van der Waals surface area contributed by atoms with Crippen LogP contribution in [0.25, 0.3) is 0 Å². The summed E-state index contributed by atoms with van der Waals surface area (Å²) in [5.74, 6) is -5.10. The van der Waals surface area contributed by atoms with E-state index in [1.807, 2.05) is 0 Å². The number of carboxylic acids is 2. The van der Waals surface area contributed by atoms with Gasteiger partial charge in [-0.15, -0.1) is 0 Å². The van der Waals surface area contributed by atoms with Crippen LogP contribution < -0.4 is 21.7 Å². The van der Waals surface area contributed by atoms with Gasteiger partial charge in [-0.3, -0.25) is 19.2 Å². The fourth-order valence-corrected chi connectivity index (χ4v) is 2.45. The highest BCUT2D eigenvalue weighted by Crippen LogP contribution is 2.09. The van der Waals surface area contributed by atoms with E-state index in [9.17, 15) is 29.1 Å². The van der Waals surface area contributed by atoms with Crippen molar-refractivity contribution in [3.8, 4) is 0 Å². The Hall–Kier alpha value is -2.34. The number of hydrogen-bond donors (Lipinski definition) is 7. The fourth-order valence-electron chi connectivity index (χ4n) is 2.19. The van der Waals surface area contributed by atoms with E-state index in [1.165, 1.54) is 0 Å². The van der Waals surface area contributed by atoms with Gasteiger partial charge in [0.25, 0.3) is 0 Å². The molecule has 160 valence electrons. The van der Waals surface area contributed by atoms with Crippen LogP contribution >= 0.6 is 12.6 Å². The zero-order valence-electron chi connectivity index (χ0n) is 15.8. The largest absolute Gasteiger partial charge is 0.481 e. The molecule has 0 aliphatic rings. The highest BCUT2D eigenvalue weighted by Gasteiger charge is 2.31. The minimum Gasteiger partial charge on any atom is -0.481 e. The molecular formula is C16H28N4O7S. The van der Waals surface area contributed by atoms with E-state index in [0.29, 0.717) is 6.42 Å². The van der Waals surface area contributed by atoms with Gasteiger partial charge in [0.2, 0.25) is 17.7 Å². The third-order valence-electron chi connectivity index (χ3n) is 4.08. The summed E-state index contributed by atoms with van der Waals surface area (Å²) < 4.78 is 0. The number of carboxylic acid groups (broad SMARTS) is 2. The maximum Gasteiger partial charge on any atom is 0.326 e. The Morgan fingerprint density at radius 1 is 1.00 bits per heavy atom. The van der Waals surface area contributed by atoms with E-state index in [4.69, 9.17) is 10.8 Å². The number of rotatable bonds is 13. The first kappa shape index (κ1) is 25.7. The van der Waals surface area contributed by atoms with Gasteiger partial charge in [-0.1, -0.05) is 20.3 Å². The van der Waals surface area contributed by atoms with Gasteiger partial charge in [0.1, 0.15) is 18.1 Å². The highest BCUT2D eigenvalue weighted by molar-refractivity contribution is 7.80. The fraction of sp³-hybridized carbons (Fsp3) is 0.688. The van der Waals surface area contributed by atoms with Crippen LogP contribution in [0.15, 0.2) is 0 Å². The number of nitrogens with two attached hydrogens (primary N) is 1. The molecule has 0 aliphatic heterocycles. The molecule has 28 heavy (non-hydrogen) atoms. The van der Waals surface area contributed by atoms with Gasteiger partial charge in [0.05, 0.1) is 6.54 Å². The summed E-state index contributed by atoms with van der Waals surface area (Å²) in [7, 11) is 0. The molecular weight excluding hydrogens is 392 g/mol. The second-order valence-electron chi connectivity index (χ2n) is 6.21. The summed E-state index contributed by atoms with van der Waals surface area (Å²) in [6.07, 6.45) is -0.208. The van der Waals surface area contributed by atoms with Gasteiger partial charge >= 0.3 is 11.9 Å². The maximum atomic E-state index is 12.5. The van der Waals surface area contributed by atoms with Gasteiger partial charge in [0.15, 0.2) is 0 Å². The van der Waals surface area contributed by atoms with Crippen molar-refractivity contribution in [1.29, 1.82) is 0 Å². The van der Waals surface area contributed by atoms with Crippen LogP contribution in [0.5, 0.6) is 0 Å². The first-order valence-electron chi connectivity index (χ1n) is 8.72. The van der Waals surface area contributed by atoms with Crippen molar-refractivity contribution >= 4 is 42.3 Å². The molecule has 12 heteroatoms. The Morgan fingerprint density at radius 3 is 2.00 bits per heavy atom. The van der Waals surface area contributed by atoms with Crippen molar-refractivity contribution < 1.29 is 34.2 Å². The number of hydrogen-bond acceptors (Lipinski definition) is 7. The van der Waals surface area contributed by atoms with Crippen molar-refractivity contribution in [3.63, 3.8) is 0 Å². The van der Waals surface area contributed by atoms with Crippen LogP contribution in [0.2, 0.25) is 0 Å². The van der Waals surface area contributed by atoms with Crippen molar-refractivity contribution in [2.45, 2.75) is 51.2 Å². The monoisotopic (exact) mass is 420 g/mol. The average molecular weight is 420 g/mol. The number of thiol groups is 1. The van der Waals surface area contributed by atoms with Crippen LogP contribution in [0.4, 0.5) is 0 Å². The van der Waals surface area contributed by atoms with Crippen molar-refractivity contribution in [3.05, 3.63) is 0 Å². The summed E-state index contributed by atoms with van der Waals surface area (Å²) in [6.45, 7) is 3.05. The minimum atomic E-state index is -1.30. The van der Waals surface area contributed by atoms with E-state index in [0.717, 1.165) is 0 Å². The Balaban J connectivity index is 5.31. The van der Waals surface area contributed by atoms with Crippen LogP contribution in [-0.2, 0) is 24.0 Å². The number of aliphatic carboxylic acids is 2. The molecule has 0 fully saturated rings. The predicted molar refractivity (Wildman–Crippen MR) is 103 cm³/mol. The maximum absolute atomic E-state index is 12.5. The smallest absolute Gasteiger partial charge is 0.326 e. The minimum absolute atomic E-state index is 0.0878. The molecule has 0 aromatic heterocycles. The molecule has 11 nitrogen and oxygen atoms in total. The quantitative estimate of drug-likeness (QED) is 0.172. The molecule has 4 atom stereocenters. The van der Waals surface area contributed by atoms with E-state index >= 15 is 0 Å². The lowest BCUT2D eigenvalue weighted by atomic mass is 9.98. The van der Waals surface area contributed by atoms with Crippen LogP contribution in [0.3, 0.4) is 0 Å². The van der Waals surface area contributed by atoms with Crippen molar-refractivity contribution in [2.75, 3.05) is 12.3 Å². The van der Waals surface area contributed by atoms with E-state index < -0.39 is 54.2 Å². The van der Waals surface area contributed by atoms with Crippen LogP contribution in [0, 0.1) is 5.92 Å². The molecule has 4 unspecified atom stereocenters. The third-order valence-corrected chi connectivity index (χ3v) is 4.44. The molecule has 0 rings (SSSR count). The molecule has 0 bridgehead atoms. The molecule has 0 saturated heterocycles. The zero-order valence-corrected chi connectivity index (χ0v) is 16.7. The summed E-state index contributed by atoms with van der Waals surface area (Å²) >= 11 is 3.96. The lowest BCUT2D eigenvalue weighted by Gasteiger charge is -2.25. The number of amides is 3. The lowest BCUT2D eigenvalue weighted by molar-refractivity contribution is -0.144. The molecule has 7 N–H and O–H groups in total.